The summed E-state index contributed by atoms with van der Waals surface area (Å²) in [5.74, 6) is -0.436. The Hall–Kier alpha value is -0.340. The number of amides is 1. The number of carbonyl (C=O) groups excluding carboxylic acids is 1. The number of rotatable bonds is 4. The molecule has 21 heavy (non-hydrogen) atoms. The lowest BCUT2D eigenvalue weighted by Crippen LogP contribution is -2.47. The Morgan fingerprint density at radius 3 is 2.57 bits per heavy atom. The van der Waals surface area contributed by atoms with Crippen molar-refractivity contribution in [2.75, 3.05) is 7.11 Å². The molecule has 5 nitrogen and oxygen atoms in total. The molecule has 0 heterocycles. The summed E-state index contributed by atoms with van der Waals surface area (Å²) in [6.07, 6.45) is 1.59. The fourth-order valence-electron chi connectivity index (χ4n) is 2.03. The Morgan fingerprint density at radius 1 is 1.43 bits per heavy atom. The molecule has 1 aromatic carbocycles. The molecule has 0 saturated heterocycles. The van der Waals surface area contributed by atoms with E-state index in [4.69, 9.17) is 27.0 Å². The Morgan fingerprint density at radius 2 is 2.05 bits per heavy atom. The van der Waals surface area contributed by atoms with Crippen LogP contribution in [0.4, 0.5) is 0 Å². The fourth-order valence-corrected chi connectivity index (χ4v) is 4.61. The van der Waals surface area contributed by atoms with Gasteiger partial charge >= 0.3 is 0 Å². The highest BCUT2D eigenvalue weighted by atomic mass is 79.9. The number of halogens is 3. The molecular weight excluding hydrogens is 405 g/mol. The molecule has 1 aliphatic carbocycles. The standard InChI is InChI=1S/C12H12BrCl2NO4S/c1-20-7-2-6(3-7)16-12(17)8-4-11(21(15,18)19)9(13)5-10(8)14/h4-7H,2-3H2,1H3,(H,16,17). The van der Waals surface area contributed by atoms with Gasteiger partial charge < -0.3 is 10.1 Å². The lowest BCUT2D eigenvalue weighted by molar-refractivity contribution is 0.0176. The zero-order valence-corrected chi connectivity index (χ0v) is 14.8. The van der Waals surface area contributed by atoms with Crippen molar-refractivity contribution in [1.82, 2.24) is 5.32 Å². The molecule has 1 saturated carbocycles. The third-order valence-electron chi connectivity index (χ3n) is 3.29. The lowest BCUT2D eigenvalue weighted by Gasteiger charge is -2.34. The van der Waals surface area contributed by atoms with Gasteiger partial charge in [0.15, 0.2) is 0 Å². The van der Waals surface area contributed by atoms with Crippen LogP contribution in [0, 0.1) is 0 Å². The summed E-state index contributed by atoms with van der Waals surface area (Å²) in [6, 6.07) is 2.50. The molecule has 0 atom stereocenters. The molecule has 1 aliphatic rings. The van der Waals surface area contributed by atoms with E-state index in [1.807, 2.05) is 0 Å². The van der Waals surface area contributed by atoms with Crippen LogP contribution < -0.4 is 5.32 Å². The third kappa shape index (κ3) is 3.90. The molecule has 0 radical (unpaired) electrons. The van der Waals surface area contributed by atoms with Crippen LogP contribution >= 0.6 is 38.2 Å². The van der Waals surface area contributed by atoms with Crippen molar-refractivity contribution in [1.29, 1.82) is 0 Å². The molecule has 1 aromatic rings. The number of hydrogen-bond acceptors (Lipinski definition) is 4. The Labute approximate surface area is 140 Å². The van der Waals surface area contributed by atoms with Crippen LogP contribution in [-0.4, -0.2) is 33.6 Å². The second-order valence-electron chi connectivity index (χ2n) is 4.70. The van der Waals surface area contributed by atoms with Gasteiger partial charge in [0.2, 0.25) is 0 Å². The largest absolute Gasteiger partial charge is 0.381 e. The molecule has 1 N–H and O–H groups in total. The third-order valence-corrected chi connectivity index (χ3v) is 5.89. The minimum Gasteiger partial charge on any atom is -0.381 e. The molecule has 0 aromatic heterocycles. The first kappa shape index (κ1) is 17.0. The molecule has 116 valence electrons. The predicted molar refractivity (Wildman–Crippen MR) is 83.5 cm³/mol. The molecule has 1 fully saturated rings. The maximum Gasteiger partial charge on any atom is 0.262 e. The van der Waals surface area contributed by atoms with Crippen molar-refractivity contribution in [2.45, 2.75) is 29.9 Å². The van der Waals surface area contributed by atoms with E-state index in [0.717, 1.165) is 18.9 Å². The highest BCUT2D eigenvalue weighted by molar-refractivity contribution is 9.10. The number of benzene rings is 1. The van der Waals surface area contributed by atoms with Gasteiger partial charge in [-0.3, -0.25) is 4.79 Å². The van der Waals surface area contributed by atoms with E-state index in [1.54, 1.807) is 7.11 Å². The van der Waals surface area contributed by atoms with Gasteiger partial charge in [-0.25, -0.2) is 8.42 Å². The Balaban J connectivity index is 2.21. The normalized spacial score (nSPS) is 21.7. The molecule has 1 amide bonds. The molecular formula is C12H12BrCl2NO4S. The molecule has 0 aliphatic heterocycles. The second-order valence-corrected chi connectivity index (χ2v) is 8.50. The maximum absolute atomic E-state index is 12.2. The summed E-state index contributed by atoms with van der Waals surface area (Å²) in [6.45, 7) is 0. The zero-order chi connectivity index (χ0) is 15.8. The summed E-state index contributed by atoms with van der Waals surface area (Å²) in [5, 5.41) is 2.92. The molecule has 9 heteroatoms. The SMILES string of the molecule is COC1CC(NC(=O)c2cc(S(=O)(=O)Cl)c(Br)cc2Cl)C1. The summed E-state index contributed by atoms with van der Waals surface area (Å²) in [7, 11) is 2.97. The average molecular weight is 417 g/mol. The van der Waals surface area contributed by atoms with Crippen LogP contribution in [0.15, 0.2) is 21.5 Å². The summed E-state index contributed by atoms with van der Waals surface area (Å²) in [5.41, 5.74) is 0.0694. The van der Waals surface area contributed by atoms with Crippen LogP contribution in [0.5, 0.6) is 0 Å². The monoisotopic (exact) mass is 415 g/mol. The van der Waals surface area contributed by atoms with Crippen molar-refractivity contribution in [3.05, 3.63) is 27.2 Å². The smallest absolute Gasteiger partial charge is 0.262 e. The Bertz CT molecular complexity index is 674. The first-order chi connectivity index (χ1) is 9.72. The van der Waals surface area contributed by atoms with E-state index in [0.29, 0.717) is 0 Å². The Kier molecular flexibility index (Phi) is 5.20. The van der Waals surface area contributed by atoms with Crippen molar-refractivity contribution in [3.8, 4) is 0 Å². The van der Waals surface area contributed by atoms with Crippen LogP contribution in [0.2, 0.25) is 5.02 Å². The van der Waals surface area contributed by atoms with Gasteiger partial charge in [0.1, 0.15) is 0 Å². The van der Waals surface area contributed by atoms with Crippen molar-refractivity contribution < 1.29 is 17.9 Å². The van der Waals surface area contributed by atoms with Crippen LogP contribution in [0.25, 0.3) is 0 Å². The number of carbonyl (C=O) groups is 1. The minimum absolute atomic E-state index is 0.00165. The fraction of sp³-hybridized carbons (Fsp3) is 0.417. The quantitative estimate of drug-likeness (QED) is 0.765. The van der Waals surface area contributed by atoms with E-state index in [-0.39, 0.29) is 32.1 Å². The zero-order valence-electron chi connectivity index (χ0n) is 10.9. The van der Waals surface area contributed by atoms with Gasteiger partial charge in [-0.1, -0.05) is 11.6 Å². The van der Waals surface area contributed by atoms with Gasteiger partial charge in [-0.05, 0) is 40.9 Å². The highest BCUT2D eigenvalue weighted by Crippen LogP contribution is 2.31. The topological polar surface area (TPSA) is 72.5 Å². The maximum atomic E-state index is 12.2. The molecule has 0 bridgehead atoms. The van der Waals surface area contributed by atoms with E-state index in [9.17, 15) is 13.2 Å². The summed E-state index contributed by atoms with van der Waals surface area (Å²) in [4.78, 5) is 12.0. The molecule has 0 unspecified atom stereocenters. The van der Waals surface area contributed by atoms with Gasteiger partial charge in [0.05, 0.1) is 21.6 Å². The van der Waals surface area contributed by atoms with Crippen molar-refractivity contribution in [2.24, 2.45) is 0 Å². The number of ether oxygens (including phenoxy) is 1. The summed E-state index contributed by atoms with van der Waals surface area (Å²) >= 11 is 9.06. The number of methoxy groups -OCH3 is 1. The van der Waals surface area contributed by atoms with Crippen LogP contribution in [0.1, 0.15) is 23.2 Å². The summed E-state index contributed by atoms with van der Waals surface area (Å²) < 4.78 is 28.2. The van der Waals surface area contributed by atoms with Gasteiger partial charge in [-0.15, -0.1) is 0 Å². The highest BCUT2D eigenvalue weighted by Gasteiger charge is 2.31. The minimum atomic E-state index is -3.97. The van der Waals surface area contributed by atoms with Gasteiger partial charge in [0.25, 0.3) is 15.0 Å². The molecule has 2 rings (SSSR count). The van der Waals surface area contributed by atoms with Crippen LogP contribution in [-0.2, 0) is 13.8 Å². The number of hydrogen-bond donors (Lipinski definition) is 1. The van der Waals surface area contributed by atoms with E-state index in [1.165, 1.54) is 6.07 Å². The van der Waals surface area contributed by atoms with Gasteiger partial charge in [-0.2, -0.15) is 0 Å². The number of nitrogens with one attached hydrogen (secondary N) is 1. The van der Waals surface area contributed by atoms with Gasteiger partial charge in [0, 0.05) is 28.3 Å². The van der Waals surface area contributed by atoms with E-state index >= 15 is 0 Å². The molecule has 0 spiro atoms. The first-order valence-electron chi connectivity index (χ1n) is 5.99. The first-order valence-corrected chi connectivity index (χ1v) is 9.47. The predicted octanol–water partition coefficient (Wildman–Crippen LogP) is 2.94. The average Bonchev–Trinajstić information content (AvgIpc) is 2.31. The van der Waals surface area contributed by atoms with E-state index in [2.05, 4.69) is 21.2 Å². The van der Waals surface area contributed by atoms with E-state index < -0.39 is 15.0 Å². The van der Waals surface area contributed by atoms with Crippen molar-refractivity contribution >= 4 is 53.2 Å². The lowest BCUT2D eigenvalue weighted by atomic mass is 9.89. The second kappa shape index (κ2) is 6.42. The van der Waals surface area contributed by atoms with Crippen LogP contribution in [0.3, 0.4) is 0 Å². The van der Waals surface area contributed by atoms with Crippen molar-refractivity contribution in [3.63, 3.8) is 0 Å².